The number of hydrogen-bond acceptors (Lipinski definition) is 3. The predicted octanol–water partition coefficient (Wildman–Crippen LogP) is 4.82. The van der Waals surface area contributed by atoms with E-state index in [2.05, 4.69) is 35.8 Å². The summed E-state index contributed by atoms with van der Waals surface area (Å²) in [4.78, 5) is 7.28. The Kier molecular flexibility index (Phi) is 17.8. The molecule has 0 amide bonds. The lowest BCUT2D eigenvalue weighted by Gasteiger charge is -2.52. The molecule has 3 fully saturated rings. The van der Waals surface area contributed by atoms with Gasteiger partial charge in [0.2, 0.25) is 0 Å². The molecule has 0 radical (unpaired) electrons. The molecule has 0 unspecified atom stereocenters. The van der Waals surface area contributed by atoms with E-state index in [1.165, 1.54) is 71.4 Å². The van der Waals surface area contributed by atoms with Gasteiger partial charge in [-0.3, -0.25) is 0 Å². The summed E-state index contributed by atoms with van der Waals surface area (Å²) in [5.41, 5.74) is 0.737. The molecule has 0 saturated carbocycles. The third-order valence-electron chi connectivity index (χ3n) is 4.84. The monoisotopic (exact) mass is 343 g/mol. The maximum absolute atomic E-state index is 2.45. The standard InChI is InChI=1S/C9H18N2.C6H13N.3C2H6/c1-10-5-3-9(4-6-10)7-11(2)8-9;1-7-5-3-2-4-6-7;3*1-2/h3-8H2,1-2H3;2-6H2,1H3;3*1-2H3. The van der Waals surface area contributed by atoms with Gasteiger partial charge in [0.25, 0.3) is 0 Å². The smallest absolute Gasteiger partial charge is 0.00484 e. The van der Waals surface area contributed by atoms with Gasteiger partial charge in [0, 0.05) is 13.1 Å². The van der Waals surface area contributed by atoms with E-state index in [0.717, 1.165) is 5.41 Å². The molecular weight excluding hydrogens is 294 g/mol. The van der Waals surface area contributed by atoms with Crippen molar-refractivity contribution in [3.63, 3.8) is 0 Å². The molecule has 3 nitrogen and oxygen atoms in total. The fourth-order valence-electron chi connectivity index (χ4n) is 3.56. The molecule has 0 aromatic carbocycles. The van der Waals surface area contributed by atoms with Gasteiger partial charge in [-0.05, 0) is 78.4 Å². The highest BCUT2D eigenvalue weighted by molar-refractivity contribution is 4.96. The fourth-order valence-corrected chi connectivity index (χ4v) is 3.56. The lowest BCUT2D eigenvalue weighted by Crippen LogP contribution is -2.58. The molecule has 0 aliphatic carbocycles. The summed E-state index contributed by atoms with van der Waals surface area (Å²) < 4.78 is 0. The Bertz CT molecular complexity index is 233. The van der Waals surface area contributed by atoms with Crippen LogP contribution in [0.1, 0.15) is 73.6 Å². The van der Waals surface area contributed by atoms with E-state index in [-0.39, 0.29) is 0 Å². The Labute approximate surface area is 154 Å². The average Bonchev–Trinajstić information content (AvgIpc) is 2.63. The van der Waals surface area contributed by atoms with Crippen molar-refractivity contribution in [1.29, 1.82) is 0 Å². The van der Waals surface area contributed by atoms with Crippen molar-refractivity contribution in [2.75, 3.05) is 60.4 Å². The first-order valence-electron chi connectivity index (χ1n) is 10.7. The Hall–Kier alpha value is -0.120. The summed E-state index contributed by atoms with van der Waals surface area (Å²) in [6, 6.07) is 0. The second kappa shape index (κ2) is 16.4. The van der Waals surface area contributed by atoms with Crippen LogP contribution < -0.4 is 0 Å². The van der Waals surface area contributed by atoms with Gasteiger partial charge >= 0.3 is 0 Å². The second-order valence-corrected chi connectivity index (χ2v) is 6.84. The summed E-state index contributed by atoms with van der Waals surface area (Å²) >= 11 is 0. The lowest BCUT2D eigenvalue weighted by molar-refractivity contribution is -0.0264. The molecule has 0 aromatic rings. The molecule has 0 atom stereocenters. The molecule has 3 heterocycles. The molecule has 3 aliphatic heterocycles. The molecule has 148 valence electrons. The van der Waals surface area contributed by atoms with E-state index < -0.39 is 0 Å². The third-order valence-corrected chi connectivity index (χ3v) is 4.84. The van der Waals surface area contributed by atoms with Gasteiger partial charge in [-0.15, -0.1) is 0 Å². The largest absolute Gasteiger partial charge is 0.306 e. The molecule has 1 spiro atoms. The van der Waals surface area contributed by atoms with Crippen molar-refractivity contribution in [1.82, 2.24) is 14.7 Å². The Morgan fingerprint density at radius 1 is 0.500 bits per heavy atom. The number of likely N-dealkylation sites (tertiary alicyclic amines) is 3. The maximum Gasteiger partial charge on any atom is 0.00484 e. The molecule has 3 heteroatoms. The van der Waals surface area contributed by atoms with Crippen molar-refractivity contribution in [2.45, 2.75) is 73.6 Å². The highest BCUT2D eigenvalue weighted by Crippen LogP contribution is 2.38. The normalized spacial score (nSPS) is 22.9. The molecule has 3 saturated heterocycles. The number of piperidine rings is 2. The van der Waals surface area contributed by atoms with Crippen molar-refractivity contribution in [2.24, 2.45) is 5.41 Å². The van der Waals surface area contributed by atoms with Crippen LogP contribution in [0.3, 0.4) is 0 Å². The van der Waals surface area contributed by atoms with Gasteiger partial charge in [0.15, 0.2) is 0 Å². The zero-order chi connectivity index (χ0) is 19.0. The van der Waals surface area contributed by atoms with Crippen LogP contribution in [0, 0.1) is 5.41 Å². The minimum Gasteiger partial charge on any atom is -0.306 e. The van der Waals surface area contributed by atoms with Crippen molar-refractivity contribution in [3.8, 4) is 0 Å². The molecule has 0 aromatic heterocycles. The lowest BCUT2D eigenvalue weighted by atomic mass is 9.72. The van der Waals surface area contributed by atoms with E-state index in [9.17, 15) is 0 Å². The topological polar surface area (TPSA) is 9.72 Å². The first-order valence-corrected chi connectivity index (χ1v) is 10.7. The van der Waals surface area contributed by atoms with Crippen molar-refractivity contribution < 1.29 is 0 Å². The van der Waals surface area contributed by atoms with Crippen molar-refractivity contribution in [3.05, 3.63) is 0 Å². The third kappa shape index (κ3) is 10.7. The van der Waals surface area contributed by atoms with Gasteiger partial charge in [-0.25, -0.2) is 0 Å². The summed E-state index contributed by atoms with van der Waals surface area (Å²) in [6.07, 6.45) is 7.12. The van der Waals surface area contributed by atoms with Crippen LogP contribution in [0.25, 0.3) is 0 Å². The summed E-state index contributed by atoms with van der Waals surface area (Å²) in [5.74, 6) is 0. The van der Waals surface area contributed by atoms with Gasteiger partial charge < -0.3 is 14.7 Å². The van der Waals surface area contributed by atoms with Gasteiger partial charge in [-0.1, -0.05) is 48.0 Å². The Morgan fingerprint density at radius 2 is 0.875 bits per heavy atom. The molecular formula is C21H49N3. The predicted molar refractivity (Wildman–Crippen MR) is 112 cm³/mol. The highest BCUT2D eigenvalue weighted by Gasteiger charge is 2.42. The summed E-state index contributed by atoms with van der Waals surface area (Å²) in [6.45, 7) is 20.0. The van der Waals surface area contributed by atoms with E-state index in [1.54, 1.807) is 0 Å². The average molecular weight is 344 g/mol. The molecule has 3 rings (SSSR count). The minimum absolute atomic E-state index is 0.737. The summed E-state index contributed by atoms with van der Waals surface area (Å²) in [5, 5.41) is 0. The van der Waals surface area contributed by atoms with Crippen LogP contribution in [0.15, 0.2) is 0 Å². The summed E-state index contributed by atoms with van der Waals surface area (Å²) in [7, 11) is 6.65. The first-order chi connectivity index (χ1) is 11.6. The van der Waals surface area contributed by atoms with E-state index in [4.69, 9.17) is 0 Å². The van der Waals surface area contributed by atoms with E-state index in [0.29, 0.717) is 0 Å². The Balaban J connectivity index is 0. The van der Waals surface area contributed by atoms with Crippen LogP contribution in [0.4, 0.5) is 0 Å². The number of hydrogen-bond donors (Lipinski definition) is 0. The Morgan fingerprint density at radius 3 is 1.17 bits per heavy atom. The molecule has 0 N–H and O–H groups in total. The van der Waals surface area contributed by atoms with Crippen molar-refractivity contribution >= 4 is 0 Å². The number of rotatable bonds is 0. The molecule has 24 heavy (non-hydrogen) atoms. The molecule has 3 aliphatic rings. The zero-order valence-corrected chi connectivity index (χ0v) is 18.6. The van der Waals surface area contributed by atoms with Crippen LogP contribution in [0.5, 0.6) is 0 Å². The van der Waals surface area contributed by atoms with Crippen LogP contribution in [0.2, 0.25) is 0 Å². The highest BCUT2D eigenvalue weighted by atomic mass is 15.2. The SMILES string of the molecule is CC.CC.CC.CN1CCC2(CC1)CN(C)C2.CN1CCCCC1. The minimum atomic E-state index is 0.737. The fraction of sp³-hybridized carbons (Fsp3) is 1.00. The van der Waals surface area contributed by atoms with E-state index >= 15 is 0 Å². The number of nitrogens with zero attached hydrogens (tertiary/aromatic N) is 3. The van der Waals surface area contributed by atoms with Gasteiger partial charge in [-0.2, -0.15) is 0 Å². The molecule has 0 bridgehead atoms. The maximum atomic E-state index is 2.45. The van der Waals surface area contributed by atoms with Gasteiger partial charge in [0.1, 0.15) is 0 Å². The van der Waals surface area contributed by atoms with Gasteiger partial charge in [0.05, 0.1) is 0 Å². The van der Waals surface area contributed by atoms with Crippen LogP contribution >= 0.6 is 0 Å². The van der Waals surface area contributed by atoms with E-state index in [1.807, 2.05) is 41.5 Å². The van der Waals surface area contributed by atoms with Crippen LogP contribution in [-0.4, -0.2) is 75.1 Å². The zero-order valence-electron chi connectivity index (χ0n) is 18.6. The van der Waals surface area contributed by atoms with Crippen LogP contribution in [-0.2, 0) is 0 Å². The second-order valence-electron chi connectivity index (χ2n) is 6.84. The quantitative estimate of drug-likeness (QED) is 0.624. The first kappa shape index (κ1) is 26.1.